The monoisotopic (exact) mass is 1410 g/mol. The molecule has 15 aromatic rings. The van der Waals surface area contributed by atoms with Crippen molar-refractivity contribution in [1.82, 2.24) is 19.5 Å². The van der Waals surface area contributed by atoms with Gasteiger partial charge in [0.25, 0.3) is 6.71 Å². The number of para-hydroxylation sites is 2. The Morgan fingerprint density at radius 2 is 0.611 bits per heavy atom. The van der Waals surface area contributed by atoms with E-state index in [0.717, 1.165) is 89.3 Å². The topological polar surface area (TPSA) is 50.1 Å². The molecule has 13 aromatic carbocycles. The van der Waals surface area contributed by atoms with Crippen molar-refractivity contribution in [1.29, 1.82) is 0 Å². The van der Waals surface area contributed by atoms with Gasteiger partial charge in [-0.15, -0.1) is 0 Å². The molecule has 2 aliphatic rings. The number of rotatable bonds is 10. The summed E-state index contributed by atoms with van der Waals surface area (Å²) in [5.41, 5.74) is 26.2. The van der Waals surface area contributed by atoms with Crippen LogP contribution in [0, 0.1) is 0 Å². The third-order valence-corrected chi connectivity index (χ3v) is 21.8. The zero-order chi connectivity index (χ0) is 74.9. The van der Waals surface area contributed by atoms with Crippen LogP contribution < -0.4 is 26.2 Å². The third kappa shape index (κ3) is 12.5. The summed E-state index contributed by atoms with van der Waals surface area (Å²) in [5.74, 6) is 0.779. The van der Waals surface area contributed by atoms with E-state index in [9.17, 15) is 0 Å². The van der Waals surface area contributed by atoms with Crippen molar-refractivity contribution in [3.05, 3.63) is 319 Å². The van der Waals surface area contributed by atoms with Crippen LogP contribution in [-0.4, -0.2) is 26.2 Å². The predicted molar refractivity (Wildman–Crippen MR) is 446 cm³/mol. The van der Waals surface area contributed by atoms with Crippen molar-refractivity contribution in [2.45, 2.75) is 111 Å². The van der Waals surface area contributed by atoms with Crippen molar-refractivity contribution in [2.75, 3.05) is 9.80 Å². The molecule has 0 saturated heterocycles. The van der Waals surface area contributed by atoms with E-state index in [0.29, 0.717) is 28.5 Å². The maximum Gasteiger partial charge on any atom is 0.416 e. The van der Waals surface area contributed by atoms with Gasteiger partial charge in [0.1, 0.15) is 0 Å². The molecule has 0 unspecified atom stereocenters. The van der Waals surface area contributed by atoms with Crippen LogP contribution in [0.15, 0.2) is 291 Å². The first-order valence-electron chi connectivity index (χ1n) is 37.4. The molecule has 6 nitrogen and oxygen atoms in total. The molecule has 0 fully saturated rings. The second kappa shape index (κ2) is 26.0. The van der Waals surface area contributed by atoms with E-state index in [-0.39, 0.29) is 39.8 Å². The van der Waals surface area contributed by atoms with Crippen molar-refractivity contribution in [3.63, 3.8) is 0 Å². The minimum Gasteiger partial charge on any atom is -0.311 e. The highest BCUT2D eigenvalue weighted by molar-refractivity contribution is 7.00. The predicted octanol–water partition coefficient (Wildman–Crippen LogP) is 24.9. The highest BCUT2D eigenvalue weighted by Crippen LogP contribution is 2.50. The van der Waals surface area contributed by atoms with Crippen molar-refractivity contribution in [2.24, 2.45) is 0 Å². The quantitative estimate of drug-likeness (QED) is 0.128. The van der Waals surface area contributed by atoms with Crippen molar-refractivity contribution < 1.29 is 13.2 Å². The lowest BCUT2D eigenvalue weighted by Crippen LogP contribution is -2.61. The average molecular weight is 1410 g/mol. The first-order chi connectivity index (χ1) is 51.7. The number of halogens is 3. The Morgan fingerprint density at radius 1 is 0.269 bits per heavy atom. The fourth-order valence-electron chi connectivity index (χ4n) is 15.9. The van der Waals surface area contributed by atoms with Crippen LogP contribution in [0.1, 0.15) is 111 Å². The molecule has 0 N–H and O–H groups in total. The number of fused-ring (bicyclic) bond motifs is 7. The molecule has 10 heteroatoms. The maximum absolute atomic E-state index is 15.4. The van der Waals surface area contributed by atoms with E-state index >= 15 is 13.2 Å². The Kier molecular flexibility index (Phi) is 16.6. The second-order valence-electron chi connectivity index (χ2n) is 33.3. The molecule has 0 radical (unpaired) electrons. The maximum atomic E-state index is 15.4. The summed E-state index contributed by atoms with van der Waals surface area (Å²) in [6, 6.07) is 102. The number of hydrogen-bond donors (Lipinski definition) is 0. The molecule has 2 aliphatic heterocycles. The Balaban J connectivity index is 0.938. The van der Waals surface area contributed by atoms with E-state index in [2.05, 4.69) is 292 Å². The first kappa shape index (κ1) is 69.2. The summed E-state index contributed by atoms with van der Waals surface area (Å²) in [6.07, 6.45) is -4.69. The molecule has 17 rings (SSSR count). The lowest BCUT2D eigenvalue weighted by Gasteiger charge is -2.44. The lowest BCUT2D eigenvalue weighted by atomic mass is 9.33. The molecule has 0 saturated carbocycles. The molecule has 4 heterocycles. The summed E-state index contributed by atoms with van der Waals surface area (Å²) >= 11 is 0. The van der Waals surface area contributed by atoms with Gasteiger partial charge >= 0.3 is 6.18 Å². The van der Waals surface area contributed by atoms with Gasteiger partial charge in [-0.2, -0.15) is 13.2 Å². The van der Waals surface area contributed by atoms with E-state index in [1.165, 1.54) is 61.9 Å². The van der Waals surface area contributed by atoms with Gasteiger partial charge < -0.3 is 14.4 Å². The first-order valence-corrected chi connectivity index (χ1v) is 37.4. The molecular formula is C98H84BF3N6. The van der Waals surface area contributed by atoms with Gasteiger partial charge in [-0.3, -0.25) is 0 Å². The van der Waals surface area contributed by atoms with E-state index in [1.54, 1.807) is 6.07 Å². The summed E-state index contributed by atoms with van der Waals surface area (Å²) in [4.78, 5) is 20.1. The van der Waals surface area contributed by atoms with Gasteiger partial charge in [0, 0.05) is 61.6 Å². The Hall–Kier alpha value is -11.9. The molecular weight excluding hydrogens is 1330 g/mol. The van der Waals surface area contributed by atoms with Gasteiger partial charge in [-0.25, -0.2) is 15.0 Å². The highest BCUT2D eigenvalue weighted by atomic mass is 19.4. The fourth-order valence-corrected chi connectivity index (χ4v) is 15.9. The fraction of sp³-hybridized carbons (Fsp3) is 0.173. The van der Waals surface area contributed by atoms with Gasteiger partial charge in [0.2, 0.25) is 0 Å². The lowest BCUT2D eigenvalue weighted by molar-refractivity contribution is -0.137. The number of aromatic nitrogens is 4. The van der Waals surface area contributed by atoms with Crippen LogP contribution in [-0.2, 0) is 27.8 Å². The van der Waals surface area contributed by atoms with Gasteiger partial charge in [-0.05, 0) is 196 Å². The molecule has 0 aliphatic carbocycles. The second-order valence-corrected chi connectivity index (χ2v) is 33.3. The van der Waals surface area contributed by atoms with Crippen LogP contribution in [0.25, 0.3) is 106 Å². The summed E-state index contributed by atoms with van der Waals surface area (Å²) in [5, 5.41) is 1.83. The molecule has 0 bridgehead atoms. The summed E-state index contributed by atoms with van der Waals surface area (Å²) in [7, 11) is 0. The van der Waals surface area contributed by atoms with E-state index in [1.807, 2.05) is 78.9 Å². The molecule has 0 atom stereocenters. The van der Waals surface area contributed by atoms with Crippen LogP contribution in [0.4, 0.5) is 47.3 Å². The number of hydrogen-bond acceptors (Lipinski definition) is 5. The summed E-state index contributed by atoms with van der Waals surface area (Å²) < 4.78 is 48.3. The number of benzene rings is 13. The number of anilines is 6. The highest BCUT2D eigenvalue weighted by Gasteiger charge is 2.45. The van der Waals surface area contributed by atoms with Crippen LogP contribution in [0.3, 0.4) is 0 Å². The normalized spacial score (nSPS) is 13.1. The van der Waals surface area contributed by atoms with Crippen LogP contribution >= 0.6 is 0 Å². The molecule has 0 spiro atoms. The van der Waals surface area contributed by atoms with Crippen LogP contribution in [0.5, 0.6) is 0 Å². The third-order valence-electron chi connectivity index (χ3n) is 21.8. The molecule has 530 valence electrons. The standard InChI is InChI=1S/C98H84BF3N6/c1-94(2,3)72-48-68(49-73(58-72)95(4,5)6)66-40-45-86-81(54-66)99-82-55-67(69-50-74(96(7,8)9)59-75(51-69)97(10,11)12)41-46-87(82)107(77-36-26-17-27-37-77)89-57-70(56-88(90(89)99)106(86)76-34-24-16-25-35-76)65-39-44-84-79(53-65)78-52-64(61-28-18-13-19-29-61)38-43-83(78)108(84)85-47-42-71(98(100,101)102)60-80(85)93-104-91(62-30-20-14-21-31-62)103-92(105-93)63-32-22-15-23-33-63/h13-60H,1-12H3. The average Bonchev–Trinajstić information content (AvgIpc) is 0.778. The largest absolute Gasteiger partial charge is 0.416 e. The zero-order valence-corrected chi connectivity index (χ0v) is 63.1. The number of nitrogens with zero attached hydrogens (tertiary/aromatic N) is 6. The van der Waals surface area contributed by atoms with Gasteiger partial charge in [-0.1, -0.05) is 283 Å². The van der Waals surface area contributed by atoms with Gasteiger partial charge in [0.05, 0.1) is 22.3 Å². The minimum absolute atomic E-state index is 0.101. The van der Waals surface area contributed by atoms with E-state index in [4.69, 9.17) is 15.0 Å². The molecule has 0 amide bonds. The Morgan fingerprint density at radius 3 is 1.01 bits per heavy atom. The number of alkyl halides is 3. The minimum atomic E-state index is -4.69. The van der Waals surface area contributed by atoms with Crippen LogP contribution in [0.2, 0.25) is 0 Å². The van der Waals surface area contributed by atoms with Gasteiger partial charge in [0.15, 0.2) is 17.5 Å². The zero-order valence-electron chi connectivity index (χ0n) is 63.1. The van der Waals surface area contributed by atoms with Crippen molar-refractivity contribution in [3.8, 4) is 84.4 Å². The van der Waals surface area contributed by atoms with E-state index < -0.39 is 11.7 Å². The molecule has 108 heavy (non-hydrogen) atoms. The smallest absolute Gasteiger partial charge is 0.311 e. The summed E-state index contributed by atoms with van der Waals surface area (Å²) in [6.45, 7) is 27.5. The Bertz CT molecular complexity index is 5710. The SMILES string of the molecule is CC(C)(C)c1cc(-c2ccc3c(c2)B2c4cc(-c5cc(C(C)(C)C)cc(C(C)(C)C)c5)ccc4N(c4ccccc4)c4cc(-c5ccc6c(c5)c5cc(-c7ccccc7)ccc5n6-c5ccc(C(F)(F)F)cc5-c5nc(-c6ccccc6)nc(-c6ccccc6)n5)cc(c42)N3c2ccccc2)cc(C(C)(C)C)c1. The molecule has 2 aromatic heterocycles. The van der Waals surface area contributed by atoms with Crippen molar-refractivity contribution >= 4 is 79.0 Å². The Labute approximate surface area is 632 Å².